The maximum atomic E-state index is 12.3. The molecule has 0 aliphatic carbocycles. The van der Waals surface area contributed by atoms with Crippen molar-refractivity contribution in [3.63, 3.8) is 0 Å². The molecule has 1 unspecified atom stereocenters. The summed E-state index contributed by atoms with van der Waals surface area (Å²) in [6.45, 7) is 4.76. The Hall–Kier alpha value is -0.610. The Labute approximate surface area is 129 Å². The molecule has 0 radical (unpaired) electrons. The summed E-state index contributed by atoms with van der Waals surface area (Å²) in [5.41, 5.74) is 0.647. The van der Waals surface area contributed by atoms with E-state index in [1.165, 1.54) is 19.4 Å². The zero-order valence-electron chi connectivity index (χ0n) is 11.3. The molecule has 2 saturated heterocycles. The highest BCUT2D eigenvalue weighted by Crippen LogP contribution is 2.24. The fourth-order valence-corrected chi connectivity index (χ4v) is 3.46. The van der Waals surface area contributed by atoms with Crippen LogP contribution in [-0.2, 0) is 0 Å². The average Bonchev–Trinajstić information content (AvgIpc) is 2.89. The SMILES string of the molecule is O=C(CN1CCN2CCCC2C1)c1ccc(Cl)c(Cl)c1. The number of ketones is 1. The van der Waals surface area contributed by atoms with Crippen molar-refractivity contribution >= 4 is 29.0 Å². The second-order valence-electron chi connectivity index (χ2n) is 5.62. The molecule has 2 aliphatic heterocycles. The van der Waals surface area contributed by atoms with E-state index < -0.39 is 0 Å². The van der Waals surface area contributed by atoms with Crippen molar-refractivity contribution in [2.45, 2.75) is 18.9 Å². The highest BCUT2D eigenvalue weighted by molar-refractivity contribution is 6.42. The first-order valence-electron chi connectivity index (χ1n) is 7.08. The van der Waals surface area contributed by atoms with Crippen LogP contribution in [0.15, 0.2) is 18.2 Å². The molecule has 1 aromatic rings. The van der Waals surface area contributed by atoms with E-state index in [2.05, 4.69) is 9.80 Å². The molecule has 2 heterocycles. The van der Waals surface area contributed by atoms with Crippen LogP contribution >= 0.6 is 23.2 Å². The number of piperazine rings is 1. The molecular weight excluding hydrogens is 295 g/mol. The van der Waals surface area contributed by atoms with Crippen molar-refractivity contribution in [1.82, 2.24) is 9.80 Å². The third-order valence-electron chi connectivity index (χ3n) is 4.28. The summed E-state index contributed by atoms with van der Waals surface area (Å²) < 4.78 is 0. The Balaban J connectivity index is 1.62. The number of benzene rings is 1. The molecule has 2 fully saturated rings. The molecule has 0 N–H and O–H groups in total. The van der Waals surface area contributed by atoms with Gasteiger partial charge in [-0.05, 0) is 37.6 Å². The average molecular weight is 313 g/mol. The lowest BCUT2D eigenvalue weighted by Crippen LogP contribution is -2.51. The van der Waals surface area contributed by atoms with Gasteiger partial charge in [-0.1, -0.05) is 23.2 Å². The summed E-state index contributed by atoms with van der Waals surface area (Å²) in [4.78, 5) is 17.1. The van der Waals surface area contributed by atoms with Gasteiger partial charge in [-0.25, -0.2) is 0 Å². The predicted octanol–water partition coefficient (Wildman–Crippen LogP) is 2.96. The molecular formula is C15H18Cl2N2O. The van der Waals surface area contributed by atoms with E-state index in [0.717, 1.165) is 19.6 Å². The molecule has 0 spiro atoms. The minimum absolute atomic E-state index is 0.120. The van der Waals surface area contributed by atoms with Crippen LogP contribution in [0.1, 0.15) is 23.2 Å². The Morgan fingerprint density at radius 2 is 2.05 bits per heavy atom. The summed E-state index contributed by atoms with van der Waals surface area (Å²) in [6, 6.07) is 5.75. The minimum Gasteiger partial charge on any atom is -0.298 e. The first kappa shape index (κ1) is 14.3. The predicted molar refractivity (Wildman–Crippen MR) is 81.8 cm³/mol. The van der Waals surface area contributed by atoms with Crippen LogP contribution in [0.4, 0.5) is 0 Å². The van der Waals surface area contributed by atoms with Crippen LogP contribution in [0, 0.1) is 0 Å². The van der Waals surface area contributed by atoms with Crippen molar-refractivity contribution in [3.05, 3.63) is 33.8 Å². The summed E-state index contributed by atoms with van der Waals surface area (Å²) in [7, 11) is 0. The standard InChI is InChI=1S/C15H18Cl2N2O/c16-13-4-3-11(8-14(13)17)15(20)10-18-6-7-19-5-1-2-12(19)9-18/h3-4,8,12H,1-2,5-7,9-10H2. The van der Waals surface area contributed by atoms with E-state index in [1.807, 2.05) is 0 Å². The lowest BCUT2D eigenvalue weighted by atomic mass is 10.1. The molecule has 0 saturated carbocycles. The van der Waals surface area contributed by atoms with Gasteiger partial charge in [-0.2, -0.15) is 0 Å². The van der Waals surface area contributed by atoms with E-state index in [0.29, 0.717) is 28.2 Å². The number of hydrogen-bond acceptors (Lipinski definition) is 3. The number of carbonyl (C=O) groups is 1. The van der Waals surface area contributed by atoms with E-state index in [-0.39, 0.29) is 5.78 Å². The second-order valence-corrected chi connectivity index (χ2v) is 6.43. The molecule has 108 valence electrons. The first-order chi connectivity index (χ1) is 9.63. The van der Waals surface area contributed by atoms with Crippen LogP contribution in [-0.4, -0.2) is 54.3 Å². The Morgan fingerprint density at radius 3 is 2.85 bits per heavy atom. The normalized spacial score (nSPS) is 23.8. The van der Waals surface area contributed by atoms with Gasteiger partial charge in [-0.3, -0.25) is 14.6 Å². The van der Waals surface area contributed by atoms with Crippen molar-refractivity contribution in [3.8, 4) is 0 Å². The van der Waals surface area contributed by atoms with E-state index in [1.54, 1.807) is 18.2 Å². The molecule has 2 aliphatic rings. The zero-order chi connectivity index (χ0) is 14.1. The van der Waals surface area contributed by atoms with Gasteiger partial charge < -0.3 is 0 Å². The molecule has 0 bridgehead atoms. The number of hydrogen-bond donors (Lipinski definition) is 0. The van der Waals surface area contributed by atoms with E-state index in [9.17, 15) is 4.79 Å². The van der Waals surface area contributed by atoms with Crippen LogP contribution < -0.4 is 0 Å². The lowest BCUT2D eigenvalue weighted by molar-refractivity contribution is 0.0784. The largest absolute Gasteiger partial charge is 0.298 e. The van der Waals surface area contributed by atoms with Gasteiger partial charge in [0.05, 0.1) is 16.6 Å². The Bertz CT molecular complexity index is 521. The summed E-state index contributed by atoms with van der Waals surface area (Å²) >= 11 is 11.8. The summed E-state index contributed by atoms with van der Waals surface area (Å²) in [5.74, 6) is 0.120. The number of rotatable bonds is 3. The number of Topliss-reactive ketones (excluding diaryl/α,β-unsaturated/α-hetero) is 1. The third kappa shape index (κ3) is 3.01. The number of carbonyl (C=O) groups excluding carboxylic acids is 1. The van der Waals surface area contributed by atoms with Gasteiger partial charge in [0.15, 0.2) is 5.78 Å². The van der Waals surface area contributed by atoms with Gasteiger partial charge in [0, 0.05) is 31.2 Å². The Kier molecular flexibility index (Phi) is 4.32. The monoisotopic (exact) mass is 312 g/mol. The van der Waals surface area contributed by atoms with Gasteiger partial charge in [0.1, 0.15) is 0 Å². The van der Waals surface area contributed by atoms with Crippen LogP contribution in [0.5, 0.6) is 0 Å². The maximum Gasteiger partial charge on any atom is 0.176 e. The van der Waals surface area contributed by atoms with E-state index >= 15 is 0 Å². The van der Waals surface area contributed by atoms with Gasteiger partial charge in [0.2, 0.25) is 0 Å². The maximum absolute atomic E-state index is 12.3. The summed E-state index contributed by atoms with van der Waals surface area (Å²) in [6.07, 6.45) is 2.55. The molecule has 5 heteroatoms. The zero-order valence-corrected chi connectivity index (χ0v) is 12.8. The highest BCUT2D eigenvalue weighted by Gasteiger charge is 2.31. The molecule has 3 rings (SSSR count). The Morgan fingerprint density at radius 1 is 1.20 bits per heavy atom. The highest BCUT2D eigenvalue weighted by atomic mass is 35.5. The van der Waals surface area contributed by atoms with Crippen molar-refractivity contribution < 1.29 is 4.79 Å². The number of nitrogens with zero attached hydrogens (tertiary/aromatic N) is 2. The van der Waals surface area contributed by atoms with Gasteiger partial charge in [0.25, 0.3) is 0 Å². The third-order valence-corrected chi connectivity index (χ3v) is 5.02. The van der Waals surface area contributed by atoms with E-state index in [4.69, 9.17) is 23.2 Å². The van der Waals surface area contributed by atoms with Crippen LogP contribution in [0.25, 0.3) is 0 Å². The number of fused-ring (bicyclic) bond motifs is 1. The fourth-order valence-electron chi connectivity index (χ4n) is 3.16. The lowest BCUT2D eigenvalue weighted by Gasteiger charge is -2.37. The molecule has 1 aromatic carbocycles. The quantitative estimate of drug-likeness (QED) is 0.802. The van der Waals surface area contributed by atoms with Crippen LogP contribution in [0.2, 0.25) is 10.0 Å². The topological polar surface area (TPSA) is 23.6 Å². The number of halogens is 2. The van der Waals surface area contributed by atoms with Gasteiger partial charge in [-0.15, -0.1) is 0 Å². The minimum atomic E-state index is 0.120. The fraction of sp³-hybridized carbons (Fsp3) is 0.533. The smallest absolute Gasteiger partial charge is 0.176 e. The van der Waals surface area contributed by atoms with Gasteiger partial charge >= 0.3 is 0 Å². The van der Waals surface area contributed by atoms with Crippen molar-refractivity contribution in [2.75, 3.05) is 32.7 Å². The molecule has 1 atom stereocenters. The molecule has 3 nitrogen and oxygen atoms in total. The molecule has 20 heavy (non-hydrogen) atoms. The van der Waals surface area contributed by atoms with Crippen molar-refractivity contribution in [1.29, 1.82) is 0 Å². The summed E-state index contributed by atoms with van der Waals surface area (Å²) in [5, 5.41) is 0.931. The van der Waals surface area contributed by atoms with Crippen LogP contribution in [0.3, 0.4) is 0 Å². The molecule has 0 aromatic heterocycles. The molecule has 0 amide bonds. The first-order valence-corrected chi connectivity index (χ1v) is 7.84. The van der Waals surface area contributed by atoms with Crippen molar-refractivity contribution in [2.24, 2.45) is 0 Å². The second kappa shape index (κ2) is 6.02.